The Balaban J connectivity index is 0.000000468. The van der Waals surface area contributed by atoms with Crippen LogP contribution in [0, 0.1) is 0 Å². The number of hydrogen-bond acceptors (Lipinski definition) is 3. The average molecular weight is 1180 g/mol. The van der Waals surface area contributed by atoms with Gasteiger partial charge in [0.25, 0.3) is 0 Å². The van der Waals surface area contributed by atoms with Crippen LogP contribution in [0.1, 0.15) is 65.4 Å². The maximum absolute atomic E-state index is 14.2. The first-order valence-corrected chi connectivity index (χ1v) is 21.5. The van der Waals surface area contributed by atoms with Gasteiger partial charge in [-0.15, -0.1) is 0 Å². The second kappa shape index (κ2) is 21.1. The first kappa shape index (κ1) is 60.3. The van der Waals surface area contributed by atoms with Crippen LogP contribution in [0.5, 0.6) is 0 Å². The van der Waals surface area contributed by atoms with E-state index in [0.717, 1.165) is 0 Å². The smallest absolute Gasteiger partial charge is 0.291 e. The molecule has 0 aliphatic heterocycles. The van der Waals surface area contributed by atoms with Gasteiger partial charge in [0, 0.05) is 5.56 Å². The molecule has 1 aromatic heterocycles. The zero-order valence-electron chi connectivity index (χ0n) is 36.7. The second-order valence-corrected chi connectivity index (χ2v) is 16.7. The van der Waals surface area contributed by atoms with Crippen molar-refractivity contribution in [2.75, 3.05) is 5.33 Å². The summed E-state index contributed by atoms with van der Waals surface area (Å²) in [4.78, 5) is 27.5. The lowest BCUT2D eigenvalue weighted by atomic mass is 9.12. The number of hydrogen-bond donors (Lipinski definition) is 0. The summed E-state index contributed by atoms with van der Waals surface area (Å²) in [6, 6.07) is 0.246. The van der Waals surface area contributed by atoms with Crippen LogP contribution >= 0.6 is 15.9 Å². The molecule has 0 spiro atoms. The van der Waals surface area contributed by atoms with E-state index >= 15 is 0 Å². The van der Waals surface area contributed by atoms with Gasteiger partial charge in [-0.1, -0.05) is 94.8 Å². The van der Waals surface area contributed by atoms with Gasteiger partial charge in [-0.25, -0.2) is 4.98 Å². The van der Waals surface area contributed by atoms with E-state index in [-0.39, 0.29) is 23.4 Å². The fourth-order valence-electron chi connectivity index (χ4n) is 7.70. The number of benzene rings is 5. The van der Waals surface area contributed by atoms with Crippen molar-refractivity contribution in [1.29, 1.82) is 0 Å². The van der Waals surface area contributed by atoms with Gasteiger partial charge < -0.3 is 0 Å². The summed E-state index contributed by atoms with van der Waals surface area (Å²) in [6.45, 7) is 0.190. The maximum Gasteiger partial charge on any atom is 0.416 e. The molecule has 5 aromatic carbocycles. The fraction of sp³-hybridized carbons (Fsp3) is 0.217. The fourth-order valence-corrected chi connectivity index (χ4v) is 7.98. The van der Waals surface area contributed by atoms with Crippen molar-refractivity contribution in [3.8, 4) is 0 Å². The van der Waals surface area contributed by atoms with E-state index in [0.29, 0.717) is 11.3 Å². The molecule has 0 bridgehead atoms. The van der Waals surface area contributed by atoms with Gasteiger partial charge in [0.1, 0.15) is 6.15 Å². The standard InChI is InChI=1S/C32H12BF24.C14H12BrN2O2/c34-25(35,36)13-1-14(26(37,38)39)6-21(5-13)33(22-7-15(27(40,41)42)2-16(8-22)28(43,44)45,23-9-17(29(46,47)48)3-18(10-23)30(49,50)51)24-11-19(31(52,53)54)4-20(12-24)32(55,56)57;15-8-13(18)12-9-17(7-6-16-12)10-14(19)11-4-2-1-3-5-11/h1-12H;1-7,9H,8,10H2/q-1;+1. The zero-order chi connectivity index (χ0) is 57.6. The van der Waals surface area contributed by atoms with Crippen LogP contribution in [0.15, 0.2) is 122 Å². The number of carbonyl (C=O) groups is 2. The summed E-state index contributed by atoms with van der Waals surface area (Å²) >= 11 is 3.10. The number of carbonyl (C=O) groups excluding carboxylic acids is 2. The lowest BCUT2D eigenvalue weighted by Gasteiger charge is -2.46. The minimum atomic E-state index is -6.13. The highest BCUT2D eigenvalue weighted by molar-refractivity contribution is 9.09. The Kier molecular flexibility index (Phi) is 16.7. The first-order valence-electron chi connectivity index (χ1n) is 20.3. The third-order valence-electron chi connectivity index (χ3n) is 11.0. The van der Waals surface area contributed by atoms with Crippen LogP contribution in [0.4, 0.5) is 105 Å². The normalized spacial score (nSPS) is 13.3. The van der Waals surface area contributed by atoms with Crippen molar-refractivity contribution in [3.63, 3.8) is 0 Å². The second-order valence-electron chi connectivity index (χ2n) is 16.2. The quantitative estimate of drug-likeness (QED) is 0.0477. The van der Waals surface area contributed by atoms with Crippen molar-refractivity contribution >= 4 is 55.5 Å². The third kappa shape index (κ3) is 14.0. The molecular formula is C46H24BBrF24N2O2. The van der Waals surface area contributed by atoms with Gasteiger partial charge in [0.15, 0.2) is 23.9 Å². The van der Waals surface area contributed by atoms with Gasteiger partial charge in [-0.05, 0) is 24.3 Å². The number of halogens is 25. The molecule has 0 saturated heterocycles. The number of ketones is 2. The average Bonchev–Trinajstić information content (AvgIpc) is 3.29. The van der Waals surface area contributed by atoms with E-state index in [1.807, 2.05) is 18.2 Å². The molecule has 1 heterocycles. The van der Waals surface area contributed by atoms with Crippen LogP contribution in [-0.2, 0) is 56.0 Å². The molecule has 0 amide bonds. The first-order chi connectivity index (χ1) is 34.5. The molecule has 0 atom stereocenters. The summed E-state index contributed by atoms with van der Waals surface area (Å²) in [5, 5.41) is 0.219. The Morgan fingerprint density at radius 2 is 0.671 bits per heavy atom. The highest BCUT2D eigenvalue weighted by Crippen LogP contribution is 2.41. The number of alkyl halides is 25. The van der Waals surface area contributed by atoms with E-state index in [1.54, 1.807) is 29.1 Å². The van der Waals surface area contributed by atoms with E-state index in [2.05, 4.69) is 20.9 Å². The van der Waals surface area contributed by atoms with Crippen molar-refractivity contribution in [2.45, 2.75) is 56.0 Å². The van der Waals surface area contributed by atoms with Crippen LogP contribution in [0.3, 0.4) is 0 Å². The molecule has 4 nitrogen and oxygen atoms in total. The molecular weight excluding hydrogens is 1160 g/mol. The number of aromatic nitrogens is 2. The molecule has 0 aliphatic carbocycles. The Hall–Kier alpha value is -6.62. The number of rotatable bonds is 9. The van der Waals surface area contributed by atoms with Gasteiger partial charge in [-0.3, -0.25) is 9.59 Å². The van der Waals surface area contributed by atoms with E-state index in [4.69, 9.17) is 0 Å². The van der Waals surface area contributed by atoms with Crippen LogP contribution in [0.2, 0.25) is 0 Å². The Labute approximate surface area is 418 Å². The predicted octanol–water partition coefficient (Wildman–Crippen LogP) is 13.0. The molecule has 76 heavy (non-hydrogen) atoms. The lowest BCUT2D eigenvalue weighted by molar-refractivity contribution is -0.683. The monoisotopic (exact) mass is 1180 g/mol. The van der Waals surface area contributed by atoms with Crippen molar-refractivity contribution in [2.24, 2.45) is 0 Å². The molecule has 408 valence electrons. The molecule has 0 radical (unpaired) electrons. The topological polar surface area (TPSA) is 50.9 Å². The van der Waals surface area contributed by atoms with Crippen LogP contribution < -0.4 is 26.4 Å². The third-order valence-corrected chi connectivity index (χ3v) is 11.5. The summed E-state index contributed by atoms with van der Waals surface area (Å²) < 4.78 is 342. The van der Waals surface area contributed by atoms with Gasteiger partial charge in [0.05, 0.1) is 56.0 Å². The molecule has 6 aromatic rings. The Bertz CT molecular complexity index is 2660. The van der Waals surface area contributed by atoms with E-state index < -0.39 is 195 Å². The molecule has 0 saturated carbocycles. The summed E-state index contributed by atoms with van der Waals surface area (Å²) in [5.74, 6) is -0.115. The van der Waals surface area contributed by atoms with Crippen LogP contribution in [-0.4, -0.2) is 28.0 Å². The van der Waals surface area contributed by atoms with E-state index in [1.165, 1.54) is 6.20 Å². The minimum absolute atomic E-state index is 0.00552. The highest BCUT2D eigenvalue weighted by Gasteiger charge is 2.47. The maximum atomic E-state index is 14.2. The van der Waals surface area contributed by atoms with Gasteiger partial charge >= 0.3 is 49.4 Å². The molecule has 0 fully saturated rings. The van der Waals surface area contributed by atoms with Crippen molar-refractivity contribution in [3.05, 3.63) is 177 Å². The summed E-state index contributed by atoms with van der Waals surface area (Å²) in [7, 11) is 0. The largest absolute Gasteiger partial charge is 0.416 e. The van der Waals surface area contributed by atoms with Crippen molar-refractivity contribution in [1.82, 2.24) is 4.98 Å². The molecule has 0 unspecified atom stereocenters. The van der Waals surface area contributed by atoms with Gasteiger partial charge in [0.2, 0.25) is 12.3 Å². The number of Topliss-reactive ketones (excluding diaryl/α,β-unsaturated/α-hetero) is 2. The lowest BCUT2D eigenvalue weighted by Crippen LogP contribution is -2.75. The Morgan fingerprint density at radius 3 is 0.908 bits per heavy atom. The van der Waals surface area contributed by atoms with Crippen molar-refractivity contribution < 1.29 is 120 Å². The highest BCUT2D eigenvalue weighted by atomic mass is 79.9. The Morgan fingerprint density at radius 1 is 0.408 bits per heavy atom. The molecule has 0 N–H and O–H groups in total. The molecule has 30 heteroatoms. The number of nitrogens with zero attached hydrogens (tertiary/aromatic N) is 2. The van der Waals surface area contributed by atoms with E-state index in [9.17, 15) is 115 Å². The molecule has 0 aliphatic rings. The predicted molar refractivity (Wildman–Crippen MR) is 223 cm³/mol. The SMILES string of the molecule is FC(F)(F)c1cc([B-](c2cc(C(F)(F)F)cc(C(F)(F)F)c2)(c2cc(C(F)(F)F)cc(C(F)(F)F)c2)c2cc(C(F)(F)F)cc(C(F)(F)F)c2)cc(C(F)(F)F)c1.O=C(C[n+]1ccnc(C(=O)CBr)c1)c1ccccc1. The zero-order valence-corrected chi connectivity index (χ0v) is 38.3. The van der Waals surface area contributed by atoms with Gasteiger partial charge in [-0.2, -0.15) is 132 Å². The molecule has 6 rings (SSSR count). The van der Waals surface area contributed by atoms with Crippen LogP contribution in [0.25, 0.3) is 0 Å². The summed E-state index contributed by atoms with van der Waals surface area (Å²) in [5.41, 5.74) is -29.2. The minimum Gasteiger partial charge on any atom is -0.291 e. The summed E-state index contributed by atoms with van der Waals surface area (Å²) in [6.07, 6.45) is -50.0.